The van der Waals surface area contributed by atoms with Crippen molar-refractivity contribution in [2.75, 3.05) is 11.5 Å². The molecule has 0 aliphatic heterocycles. The molecule has 0 radical (unpaired) electrons. The standard InChI is InChI=1S/C15H12F6N2OS/c16-14(17,18)13(24,15(19,20)21)11-7-10(5-6-12(11)23)25-9-3-1-8(22)2-4-9/h1-7,24H,22-23H2. The van der Waals surface area contributed by atoms with E-state index in [2.05, 4.69) is 0 Å². The molecule has 2 aromatic carbocycles. The van der Waals surface area contributed by atoms with Gasteiger partial charge in [0.05, 0.1) is 0 Å². The predicted molar refractivity (Wildman–Crippen MR) is 81.8 cm³/mol. The van der Waals surface area contributed by atoms with Crippen LogP contribution in [0.4, 0.5) is 37.7 Å². The van der Waals surface area contributed by atoms with Crippen LogP contribution in [0.2, 0.25) is 0 Å². The van der Waals surface area contributed by atoms with Gasteiger partial charge < -0.3 is 16.6 Å². The highest BCUT2D eigenvalue weighted by molar-refractivity contribution is 7.99. The number of aliphatic hydroxyl groups is 1. The Labute approximate surface area is 142 Å². The molecule has 136 valence electrons. The van der Waals surface area contributed by atoms with Crippen molar-refractivity contribution in [2.45, 2.75) is 27.7 Å². The van der Waals surface area contributed by atoms with Crippen molar-refractivity contribution in [1.82, 2.24) is 0 Å². The van der Waals surface area contributed by atoms with E-state index in [0.29, 0.717) is 16.6 Å². The van der Waals surface area contributed by atoms with Crippen LogP contribution < -0.4 is 11.5 Å². The van der Waals surface area contributed by atoms with E-state index in [1.807, 2.05) is 0 Å². The summed E-state index contributed by atoms with van der Waals surface area (Å²) < 4.78 is 78.1. The summed E-state index contributed by atoms with van der Waals surface area (Å²) in [5.41, 5.74) is 3.90. The zero-order chi connectivity index (χ0) is 19.0. The first kappa shape index (κ1) is 19.3. The van der Waals surface area contributed by atoms with Gasteiger partial charge in [0.1, 0.15) is 0 Å². The maximum Gasteiger partial charge on any atom is 0.430 e. The third-order valence-corrected chi connectivity index (χ3v) is 4.35. The molecule has 0 amide bonds. The van der Waals surface area contributed by atoms with Crippen LogP contribution in [-0.4, -0.2) is 17.5 Å². The molecule has 2 rings (SSSR count). The molecular weight excluding hydrogens is 370 g/mol. The second kappa shape index (κ2) is 6.34. The van der Waals surface area contributed by atoms with E-state index in [0.717, 1.165) is 17.8 Å². The van der Waals surface area contributed by atoms with E-state index < -0.39 is 29.2 Å². The number of hydrogen-bond acceptors (Lipinski definition) is 4. The van der Waals surface area contributed by atoms with Gasteiger partial charge in [-0.05, 0) is 42.5 Å². The number of rotatable bonds is 3. The van der Waals surface area contributed by atoms with Crippen molar-refractivity contribution >= 4 is 23.1 Å². The SMILES string of the molecule is Nc1ccc(Sc2ccc(N)c(C(O)(C(F)(F)F)C(F)(F)F)c2)cc1. The summed E-state index contributed by atoms with van der Waals surface area (Å²) in [4.78, 5) is 0.577. The molecule has 3 nitrogen and oxygen atoms in total. The van der Waals surface area contributed by atoms with Crippen LogP contribution in [-0.2, 0) is 5.60 Å². The Morgan fingerprint density at radius 3 is 1.72 bits per heavy atom. The fourth-order valence-electron chi connectivity index (χ4n) is 2.05. The molecule has 0 unspecified atom stereocenters. The van der Waals surface area contributed by atoms with Crippen LogP contribution in [0.3, 0.4) is 0 Å². The van der Waals surface area contributed by atoms with Crippen molar-refractivity contribution in [3.8, 4) is 0 Å². The summed E-state index contributed by atoms with van der Waals surface area (Å²) >= 11 is 0.900. The summed E-state index contributed by atoms with van der Waals surface area (Å²) in [7, 11) is 0. The predicted octanol–water partition coefficient (Wildman–Crippen LogP) is 4.31. The quantitative estimate of drug-likeness (QED) is 0.546. The monoisotopic (exact) mass is 382 g/mol. The van der Waals surface area contributed by atoms with Crippen LogP contribution in [0, 0.1) is 0 Å². The maximum atomic E-state index is 13.0. The number of anilines is 2. The van der Waals surface area contributed by atoms with Crippen LogP contribution >= 0.6 is 11.8 Å². The molecule has 0 bridgehead atoms. The van der Waals surface area contributed by atoms with Crippen molar-refractivity contribution in [3.05, 3.63) is 48.0 Å². The molecule has 0 saturated heterocycles. The molecule has 2 aromatic rings. The van der Waals surface area contributed by atoms with Crippen molar-refractivity contribution in [2.24, 2.45) is 0 Å². The topological polar surface area (TPSA) is 72.3 Å². The number of alkyl halides is 6. The number of nitrogens with two attached hydrogens (primary N) is 2. The molecule has 0 spiro atoms. The van der Waals surface area contributed by atoms with E-state index in [1.165, 1.54) is 18.2 Å². The van der Waals surface area contributed by atoms with Gasteiger partial charge in [0, 0.05) is 26.7 Å². The lowest BCUT2D eigenvalue weighted by Gasteiger charge is -2.33. The van der Waals surface area contributed by atoms with E-state index >= 15 is 0 Å². The minimum Gasteiger partial charge on any atom is -0.399 e. The summed E-state index contributed by atoms with van der Waals surface area (Å²) in [5, 5.41) is 9.51. The highest BCUT2D eigenvalue weighted by Gasteiger charge is 2.72. The van der Waals surface area contributed by atoms with Crippen LogP contribution in [0.5, 0.6) is 0 Å². The van der Waals surface area contributed by atoms with Gasteiger partial charge in [0.25, 0.3) is 5.60 Å². The van der Waals surface area contributed by atoms with Crippen LogP contribution in [0.1, 0.15) is 5.56 Å². The normalized spacial score (nSPS) is 13.1. The van der Waals surface area contributed by atoms with Gasteiger partial charge in [-0.3, -0.25) is 0 Å². The first-order valence-corrected chi connectivity index (χ1v) is 7.47. The van der Waals surface area contributed by atoms with Gasteiger partial charge in [-0.25, -0.2) is 0 Å². The van der Waals surface area contributed by atoms with Gasteiger partial charge in [-0.15, -0.1) is 0 Å². The third kappa shape index (κ3) is 3.64. The number of hydrogen-bond donors (Lipinski definition) is 3. The molecule has 0 aromatic heterocycles. The fraction of sp³-hybridized carbons (Fsp3) is 0.200. The lowest BCUT2D eigenvalue weighted by atomic mass is 9.91. The first-order chi connectivity index (χ1) is 11.4. The van der Waals surface area contributed by atoms with E-state index in [1.54, 1.807) is 12.1 Å². The first-order valence-electron chi connectivity index (χ1n) is 6.65. The molecule has 10 heteroatoms. The van der Waals surface area contributed by atoms with Gasteiger partial charge in [-0.1, -0.05) is 11.8 Å². The van der Waals surface area contributed by atoms with Crippen molar-refractivity contribution in [1.29, 1.82) is 0 Å². The van der Waals surface area contributed by atoms with Gasteiger partial charge >= 0.3 is 12.4 Å². The van der Waals surface area contributed by atoms with Crippen molar-refractivity contribution in [3.63, 3.8) is 0 Å². The molecule has 0 saturated carbocycles. The molecule has 0 aliphatic carbocycles. The van der Waals surface area contributed by atoms with Crippen LogP contribution in [0.25, 0.3) is 0 Å². The highest BCUT2D eigenvalue weighted by atomic mass is 32.2. The Bertz CT molecular complexity index is 744. The Morgan fingerprint density at radius 1 is 0.760 bits per heavy atom. The largest absolute Gasteiger partial charge is 0.430 e. The molecule has 0 atom stereocenters. The molecule has 0 fully saturated rings. The van der Waals surface area contributed by atoms with E-state index in [4.69, 9.17) is 11.5 Å². The molecule has 25 heavy (non-hydrogen) atoms. The van der Waals surface area contributed by atoms with Crippen LogP contribution in [0.15, 0.2) is 52.3 Å². The Kier molecular flexibility index (Phi) is 4.88. The molecular formula is C15H12F6N2OS. The minimum atomic E-state index is -6.00. The molecule has 0 heterocycles. The maximum absolute atomic E-state index is 13.0. The average molecular weight is 382 g/mol. The van der Waals surface area contributed by atoms with E-state index in [9.17, 15) is 31.4 Å². The molecule has 0 aliphatic rings. The Balaban J connectivity index is 2.52. The lowest BCUT2D eigenvalue weighted by Crippen LogP contribution is -2.54. The number of halogens is 6. The summed E-state index contributed by atoms with van der Waals surface area (Å²) in [6, 6.07) is 8.89. The number of benzene rings is 2. The van der Waals surface area contributed by atoms with Crippen molar-refractivity contribution < 1.29 is 31.4 Å². The Morgan fingerprint density at radius 2 is 1.24 bits per heavy atom. The number of nitrogen functional groups attached to an aromatic ring is 2. The molecule has 5 N–H and O–H groups in total. The second-order valence-electron chi connectivity index (χ2n) is 5.13. The zero-order valence-corrected chi connectivity index (χ0v) is 13.1. The summed E-state index contributed by atoms with van der Waals surface area (Å²) in [5.74, 6) is 0. The second-order valence-corrected chi connectivity index (χ2v) is 6.27. The minimum absolute atomic E-state index is 0.0425. The summed E-state index contributed by atoms with van der Waals surface area (Å²) in [6.07, 6.45) is -12.0. The van der Waals surface area contributed by atoms with Gasteiger partial charge in [0.15, 0.2) is 0 Å². The highest BCUT2D eigenvalue weighted by Crippen LogP contribution is 2.52. The zero-order valence-electron chi connectivity index (χ0n) is 12.3. The third-order valence-electron chi connectivity index (χ3n) is 3.35. The lowest BCUT2D eigenvalue weighted by molar-refractivity contribution is -0.376. The van der Waals surface area contributed by atoms with Gasteiger partial charge in [-0.2, -0.15) is 26.3 Å². The van der Waals surface area contributed by atoms with Gasteiger partial charge in [0.2, 0.25) is 0 Å². The fourth-order valence-corrected chi connectivity index (χ4v) is 2.91. The Hall–Kier alpha value is -2.07. The average Bonchev–Trinajstić information content (AvgIpc) is 2.48. The van der Waals surface area contributed by atoms with E-state index in [-0.39, 0.29) is 4.90 Å². The summed E-state index contributed by atoms with van der Waals surface area (Å²) in [6.45, 7) is 0. The smallest absolute Gasteiger partial charge is 0.399 e.